The molecule has 4 heteroatoms. The topological polar surface area (TPSA) is 17.8 Å². The fraction of sp³-hybridized carbons (Fsp3) is 0.588. The number of aromatic nitrogens is 2. The molecule has 1 atom stereocenters. The van der Waals surface area contributed by atoms with Crippen LogP contribution in [0.4, 0.5) is 4.39 Å². The first-order valence-electron chi connectivity index (χ1n) is 7.91. The molecule has 1 aromatic heterocycles. The Morgan fingerprint density at radius 3 is 2.67 bits per heavy atom. The predicted molar refractivity (Wildman–Crippen MR) is 85.2 cm³/mol. The second-order valence-corrected chi connectivity index (χ2v) is 6.83. The monoisotopic (exact) mass is 308 g/mol. The van der Waals surface area contributed by atoms with E-state index in [0.717, 1.165) is 35.6 Å². The molecule has 0 radical (unpaired) electrons. The van der Waals surface area contributed by atoms with E-state index in [1.165, 1.54) is 31.4 Å². The average molecular weight is 309 g/mol. The molecule has 114 valence electrons. The Bertz CT molecular complexity index is 627. The van der Waals surface area contributed by atoms with Crippen LogP contribution in [0.1, 0.15) is 63.2 Å². The average Bonchev–Trinajstić information content (AvgIpc) is 2.86. The summed E-state index contributed by atoms with van der Waals surface area (Å²) in [6, 6.07) is 5.30. The molecule has 1 aromatic carbocycles. The SMILES string of the molecule is CCC1CCC(n2c(C(C)Cl)nc3cc(F)ccc32)CC1. The number of nitrogens with zero attached hydrogens (tertiary/aromatic N) is 2. The molecule has 1 aliphatic rings. The van der Waals surface area contributed by atoms with Gasteiger partial charge < -0.3 is 4.57 Å². The van der Waals surface area contributed by atoms with Crippen LogP contribution in [-0.2, 0) is 0 Å². The minimum Gasteiger partial charge on any atom is -0.324 e. The van der Waals surface area contributed by atoms with Crippen molar-refractivity contribution in [2.45, 2.75) is 57.4 Å². The molecule has 0 aliphatic heterocycles. The van der Waals surface area contributed by atoms with E-state index in [4.69, 9.17) is 11.6 Å². The number of fused-ring (bicyclic) bond motifs is 1. The summed E-state index contributed by atoms with van der Waals surface area (Å²) in [5.74, 6) is 1.48. The van der Waals surface area contributed by atoms with Crippen LogP contribution in [-0.4, -0.2) is 9.55 Å². The molecule has 1 heterocycles. The second-order valence-electron chi connectivity index (χ2n) is 6.17. The van der Waals surface area contributed by atoms with Gasteiger partial charge in [0.15, 0.2) is 0 Å². The van der Waals surface area contributed by atoms with Crippen LogP contribution in [0.15, 0.2) is 18.2 Å². The molecule has 1 saturated carbocycles. The summed E-state index contributed by atoms with van der Waals surface area (Å²) in [5.41, 5.74) is 1.73. The number of hydrogen-bond donors (Lipinski definition) is 0. The van der Waals surface area contributed by atoms with Gasteiger partial charge in [-0.15, -0.1) is 11.6 Å². The van der Waals surface area contributed by atoms with Gasteiger partial charge in [-0.2, -0.15) is 0 Å². The summed E-state index contributed by atoms with van der Waals surface area (Å²) in [4.78, 5) is 4.58. The van der Waals surface area contributed by atoms with Crippen molar-refractivity contribution in [2.75, 3.05) is 0 Å². The van der Waals surface area contributed by atoms with E-state index in [1.54, 1.807) is 0 Å². The number of rotatable bonds is 3. The maximum Gasteiger partial charge on any atom is 0.127 e. The van der Waals surface area contributed by atoms with Gasteiger partial charge in [0, 0.05) is 12.1 Å². The number of halogens is 2. The highest BCUT2D eigenvalue weighted by atomic mass is 35.5. The van der Waals surface area contributed by atoms with Crippen LogP contribution in [0.25, 0.3) is 11.0 Å². The summed E-state index contributed by atoms with van der Waals surface area (Å²) < 4.78 is 15.7. The lowest BCUT2D eigenvalue weighted by Gasteiger charge is -2.30. The van der Waals surface area contributed by atoms with Crippen LogP contribution in [0.2, 0.25) is 0 Å². The third-order valence-electron chi connectivity index (χ3n) is 4.79. The van der Waals surface area contributed by atoms with E-state index >= 15 is 0 Å². The normalized spacial score (nSPS) is 24.4. The fourth-order valence-corrected chi connectivity index (χ4v) is 3.72. The van der Waals surface area contributed by atoms with Crippen LogP contribution in [0, 0.1) is 11.7 Å². The smallest absolute Gasteiger partial charge is 0.127 e. The number of hydrogen-bond acceptors (Lipinski definition) is 1. The van der Waals surface area contributed by atoms with Gasteiger partial charge in [0.05, 0.1) is 16.4 Å². The molecule has 21 heavy (non-hydrogen) atoms. The van der Waals surface area contributed by atoms with E-state index in [0.29, 0.717) is 6.04 Å². The van der Waals surface area contributed by atoms with Gasteiger partial charge in [0.1, 0.15) is 11.6 Å². The molecule has 2 nitrogen and oxygen atoms in total. The van der Waals surface area contributed by atoms with Gasteiger partial charge in [-0.1, -0.05) is 13.3 Å². The van der Waals surface area contributed by atoms with E-state index in [-0.39, 0.29) is 11.2 Å². The van der Waals surface area contributed by atoms with E-state index in [9.17, 15) is 4.39 Å². The van der Waals surface area contributed by atoms with E-state index in [1.807, 2.05) is 13.0 Å². The highest BCUT2D eigenvalue weighted by Gasteiger charge is 2.26. The molecular weight excluding hydrogens is 287 g/mol. The third-order valence-corrected chi connectivity index (χ3v) is 4.99. The minimum atomic E-state index is -0.240. The number of imidazole rings is 1. The van der Waals surface area contributed by atoms with Crippen molar-refractivity contribution in [3.63, 3.8) is 0 Å². The first-order chi connectivity index (χ1) is 10.1. The zero-order valence-electron chi connectivity index (χ0n) is 12.6. The predicted octanol–water partition coefficient (Wildman–Crippen LogP) is 5.62. The fourth-order valence-electron chi connectivity index (χ4n) is 3.57. The Labute approximate surface area is 130 Å². The van der Waals surface area contributed by atoms with Gasteiger partial charge in [-0.25, -0.2) is 9.37 Å². The summed E-state index contributed by atoms with van der Waals surface area (Å²) in [5, 5.41) is -0.163. The molecule has 1 aliphatic carbocycles. The lowest BCUT2D eigenvalue weighted by atomic mass is 9.84. The Balaban J connectivity index is 2.02. The Morgan fingerprint density at radius 1 is 1.33 bits per heavy atom. The summed E-state index contributed by atoms with van der Waals surface area (Å²) in [6.45, 7) is 4.21. The first-order valence-corrected chi connectivity index (χ1v) is 8.35. The van der Waals surface area contributed by atoms with Crippen LogP contribution in [0.5, 0.6) is 0 Å². The Hall–Kier alpha value is -1.09. The summed E-state index contributed by atoms with van der Waals surface area (Å²) in [6.07, 6.45) is 6.12. The molecule has 2 aromatic rings. The van der Waals surface area contributed by atoms with Gasteiger partial charge in [-0.05, 0) is 50.7 Å². The van der Waals surface area contributed by atoms with E-state index in [2.05, 4.69) is 16.5 Å². The van der Waals surface area contributed by atoms with Crippen molar-refractivity contribution >= 4 is 22.6 Å². The molecular formula is C17H22ClFN2. The molecule has 1 fully saturated rings. The van der Waals surface area contributed by atoms with Crippen molar-refractivity contribution < 1.29 is 4.39 Å². The molecule has 0 bridgehead atoms. The maximum absolute atomic E-state index is 13.4. The molecule has 0 N–H and O–H groups in total. The molecule has 0 saturated heterocycles. The van der Waals surface area contributed by atoms with Crippen molar-refractivity contribution in [1.29, 1.82) is 0 Å². The van der Waals surface area contributed by atoms with Crippen molar-refractivity contribution in [3.05, 3.63) is 29.8 Å². The van der Waals surface area contributed by atoms with Gasteiger partial charge in [0.2, 0.25) is 0 Å². The number of benzene rings is 1. The Morgan fingerprint density at radius 2 is 2.05 bits per heavy atom. The van der Waals surface area contributed by atoms with Crippen molar-refractivity contribution in [2.24, 2.45) is 5.92 Å². The zero-order valence-corrected chi connectivity index (χ0v) is 13.4. The minimum absolute atomic E-state index is 0.163. The van der Waals surface area contributed by atoms with Gasteiger partial charge in [0.25, 0.3) is 0 Å². The highest BCUT2D eigenvalue weighted by molar-refractivity contribution is 6.20. The van der Waals surface area contributed by atoms with Crippen molar-refractivity contribution in [3.8, 4) is 0 Å². The van der Waals surface area contributed by atoms with Gasteiger partial charge >= 0.3 is 0 Å². The van der Waals surface area contributed by atoms with Crippen LogP contribution < -0.4 is 0 Å². The standard InChI is InChI=1S/C17H22ClFN2/c1-3-12-4-7-14(8-5-12)21-16-9-6-13(19)10-15(16)20-17(21)11(2)18/h6,9-12,14H,3-5,7-8H2,1-2H3. The summed E-state index contributed by atoms with van der Waals surface area (Å²) in [7, 11) is 0. The van der Waals surface area contributed by atoms with Gasteiger partial charge in [-0.3, -0.25) is 0 Å². The Kier molecular flexibility index (Phi) is 4.21. The summed E-state index contributed by atoms with van der Waals surface area (Å²) >= 11 is 6.32. The third kappa shape index (κ3) is 2.80. The molecule has 0 spiro atoms. The molecule has 1 unspecified atom stereocenters. The largest absolute Gasteiger partial charge is 0.324 e. The molecule has 3 rings (SSSR count). The lowest BCUT2D eigenvalue weighted by Crippen LogP contribution is -2.19. The highest BCUT2D eigenvalue weighted by Crippen LogP contribution is 2.38. The van der Waals surface area contributed by atoms with Crippen molar-refractivity contribution in [1.82, 2.24) is 9.55 Å². The van der Waals surface area contributed by atoms with Crippen LogP contribution >= 0.6 is 11.6 Å². The maximum atomic E-state index is 13.4. The molecule has 0 amide bonds. The van der Waals surface area contributed by atoms with Crippen LogP contribution in [0.3, 0.4) is 0 Å². The quantitative estimate of drug-likeness (QED) is 0.673. The lowest BCUT2D eigenvalue weighted by molar-refractivity contribution is 0.269. The number of alkyl halides is 1. The zero-order chi connectivity index (χ0) is 15.0. The first kappa shape index (κ1) is 14.8. The van der Waals surface area contributed by atoms with E-state index < -0.39 is 0 Å². The second kappa shape index (κ2) is 5.96.